The molecule has 1 aliphatic heterocycles. The van der Waals surface area contributed by atoms with E-state index in [0.717, 1.165) is 0 Å². The molecule has 0 bridgehead atoms. The molecule has 0 unspecified atom stereocenters. The van der Waals surface area contributed by atoms with Crippen molar-refractivity contribution in [2.75, 3.05) is 13.1 Å². The number of carboxylic acid groups (broad SMARTS) is 1. The van der Waals surface area contributed by atoms with Gasteiger partial charge in [0, 0.05) is 24.3 Å². The molecule has 1 fully saturated rings. The third-order valence-electron chi connectivity index (χ3n) is 3.31. The topological polar surface area (TPSA) is 53.4 Å². The van der Waals surface area contributed by atoms with Crippen molar-refractivity contribution in [2.24, 2.45) is 0 Å². The van der Waals surface area contributed by atoms with E-state index in [2.05, 4.69) is 16.8 Å². The molecule has 1 aromatic heterocycles. The largest absolute Gasteiger partial charge is 0.477 e. The highest BCUT2D eigenvalue weighted by molar-refractivity contribution is 5.85. The molecule has 2 heterocycles. The summed E-state index contributed by atoms with van der Waals surface area (Å²) in [6, 6.07) is 3.19. The maximum Gasteiger partial charge on any atom is 0.354 e. The second kappa shape index (κ2) is 5.22. The lowest BCUT2D eigenvalue weighted by Crippen LogP contribution is -2.57. The van der Waals surface area contributed by atoms with Crippen LogP contribution in [0.2, 0.25) is 0 Å². The van der Waals surface area contributed by atoms with E-state index in [1.807, 2.05) is 18.7 Å². The van der Waals surface area contributed by atoms with Crippen LogP contribution in [0.4, 0.5) is 4.39 Å². The minimum atomic E-state index is -1.07. The maximum atomic E-state index is 12.9. The lowest BCUT2D eigenvalue weighted by molar-refractivity contribution is 0.0124. The first-order valence-electron chi connectivity index (χ1n) is 6.42. The number of carbonyl (C=O) groups is 1. The van der Waals surface area contributed by atoms with Crippen LogP contribution in [-0.2, 0) is 0 Å². The fourth-order valence-corrected chi connectivity index (χ4v) is 2.04. The molecular weight excluding hydrogens is 259 g/mol. The smallest absolute Gasteiger partial charge is 0.354 e. The van der Waals surface area contributed by atoms with Crippen molar-refractivity contribution in [3.8, 4) is 11.8 Å². The molecule has 1 saturated heterocycles. The first kappa shape index (κ1) is 14.5. The van der Waals surface area contributed by atoms with Crippen molar-refractivity contribution in [3.05, 3.63) is 29.1 Å². The molecule has 1 aromatic rings. The predicted molar refractivity (Wildman–Crippen MR) is 73.4 cm³/mol. The minimum absolute atomic E-state index is 0.0140. The fraction of sp³-hybridized carbons (Fsp3) is 0.467. The quantitative estimate of drug-likeness (QED) is 0.838. The van der Waals surface area contributed by atoms with Gasteiger partial charge in [0.2, 0.25) is 0 Å². The van der Waals surface area contributed by atoms with Gasteiger partial charge in [-0.1, -0.05) is 11.8 Å². The molecule has 5 heteroatoms. The molecule has 20 heavy (non-hydrogen) atoms. The maximum absolute atomic E-state index is 12.9. The highest BCUT2D eigenvalue weighted by Gasteiger charge is 2.36. The van der Waals surface area contributed by atoms with E-state index in [0.29, 0.717) is 24.3 Å². The van der Waals surface area contributed by atoms with Crippen LogP contribution in [0.5, 0.6) is 0 Å². The van der Waals surface area contributed by atoms with E-state index >= 15 is 0 Å². The zero-order valence-electron chi connectivity index (χ0n) is 11.8. The van der Waals surface area contributed by atoms with Crippen LogP contribution in [-0.4, -0.2) is 45.8 Å². The summed E-state index contributed by atoms with van der Waals surface area (Å²) in [6.45, 7) is 6.39. The molecule has 0 aromatic carbocycles. The van der Waals surface area contributed by atoms with Crippen molar-refractivity contribution in [1.82, 2.24) is 9.88 Å². The standard InChI is InChI=1S/C15H17FN2O2/c1-10-6-11(7-13(17-10)14(19)20)4-5-15(2,3)18-8-12(16)9-18/h6-7,12H,8-9H2,1-3H3,(H,19,20). The Kier molecular flexibility index (Phi) is 3.78. The SMILES string of the molecule is Cc1cc(C#CC(C)(C)N2CC(F)C2)cc(C(=O)O)n1. The summed E-state index contributed by atoms with van der Waals surface area (Å²) in [5, 5.41) is 8.97. The third-order valence-corrected chi connectivity index (χ3v) is 3.31. The highest BCUT2D eigenvalue weighted by Crippen LogP contribution is 2.23. The molecule has 1 aliphatic rings. The van der Waals surface area contributed by atoms with E-state index in [4.69, 9.17) is 5.11 Å². The van der Waals surface area contributed by atoms with Crippen LogP contribution in [0.15, 0.2) is 12.1 Å². The van der Waals surface area contributed by atoms with Crippen molar-refractivity contribution < 1.29 is 14.3 Å². The summed E-state index contributed by atoms with van der Waals surface area (Å²) in [4.78, 5) is 16.8. The zero-order chi connectivity index (χ0) is 14.9. The van der Waals surface area contributed by atoms with Gasteiger partial charge in [0.15, 0.2) is 0 Å². The number of carboxylic acids is 1. The van der Waals surface area contributed by atoms with Crippen LogP contribution in [0.1, 0.15) is 35.6 Å². The van der Waals surface area contributed by atoms with Crippen LogP contribution in [0, 0.1) is 18.8 Å². The summed E-state index contributed by atoms with van der Waals surface area (Å²) >= 11 is 0. The number of alkyl halides is 1. The number of aromatic nitrogens is 1. The summed E-state index contributed by atoms with van der Waals surface area (Å²) < 4.78 is 12.9. The second-order valence-corrected chi connectivity index (χ2v) is 5.50. The lowest BCUT2D eigenvalue weighted by atomic mass is 9.97. The molecule has 1 N–H and O–H groups in total. The first-order chi connectivity index (χ1) is 9.28. The van der Waals surface area contributed by atoms with E-state index in [1.54, 1.807) is 13.0 Å². The number of halogens is 1. The van der Waals surface area contributed by atoms with Gasteiger partial charge in [-0.15, -0.1) is 0 Å². The first-order valence-corrected chi connectivity index (χ1v) is 6.42. The Hall–Kier alpha value is -1.93. The van der Waals surface area contributed by atoms with Gasteiger partial charge in [-0.3, -0.25) is 4.90 Å². The van der Waals surface area contributed by atoms with Gasteiger partial charge in [-0.25, -0.2) is 14.2 Å². The number of hydrogen-bond donors (Lipinski definition) is 1. The Morgan fingerprint density at radius 3 is 2.70 bits per heavy atom. The van der Waals surface area contributed by atoms with Crippen LogP contribution < -0.4 is 0 Å². The Bertz CT molecular complexity index is 596. The van der Waals surface area contributed by atoms with Gasteiger partial charge < -0.3 is 5.11 Å². The van der Waals surface area contributed by atoms with Crippen LogP contribution in [0.3, 0.4) is 0 Å². The number of rotatable bonds is 2. The Balaban J connectivity index is 2.22. The number of pyridine rings is 1. The van der Waals surface area contributed by atoms with Crippen molar-refractivity contribution >= 4 is 5.97 Å². The average Bonchev–Trinajstić information content (AvgIpc) is 2.32. The third kappa shape index (κ3) is 3.14. The normalized spacial score (nSPS) is 16.2. The lowest BCUT2D eigenvalue weighted by Gasteiger charge is -2.43. The second-order valence-electron chi connectivity index (χ2n) is 5.50. The molecule has 2 rings (SSSR count). The Morgan fingerprint density at radius 2 is 2.15 bits per heavy atom. The van der Waals surface area contributed by atoms with Gasteiger partial charge in [-0.05, 0) is 32.9 Å². The average molecular weight is 276 g/mol. The fourth-order valence-electron chi connectivity index (χ4n) is 2.04. The zero-order valence-corrected chi connectivity index (χ0v) is 11.8. The van der Waals surface area contributed by atoms with E-state index in [9.17, 15) is 9.18 Å². The monoisotopic (exact) mass is 276 g/mol. The summed E-state index contributed by atoms with van der Waals surface area (Å²) in [5.41, 5.74) is 0.781. The number of aryl methyl sites for hydroxylation is 1. The molecule has 0 radical (unpaired) electrons. The predicted octanol–water partition coefficient (Wildman–Crippen LogP) is 1.87. The van der Waals surface area contributed by atoms with Gasteiger partial charge in [0.1, 0.15) is 11.9 Å². The summed E-state index contributed by atoms with van der Waals surface area (Å²) in [7, 11) is 0. The van der Waals surface area contributed by atoms with Gasteiger partial charge >= 0.3 is 5.97 Å². The van der Waals surface area contributed by atoms with E-state index < -0.39 is 17.7 Å². The molecule has 106 valence electrons. The van der Waals surface area contributed by atoms with Gasteiger partial charge in [0.25, 0.3) is 0 Å². The number of nitrogens with zero attached hydrogens (tertiary/aromatic N) is 2. The minimum Gasteiger partial charge on any atom is -0.477 e. The van der Waals surface area contributed by atoms with Crippen LogP contribution in [0.25, 0.3) is 0 Å². The van der Waals surface area contributed by atoms with Crippen molar-refractivity contribution in [3.63, 3.8) is 0 Å². The van der Waals surface area contributed by atoms with E-state index in [1.165, 1.54) is 6.07 Å². The Morgan fingerprint density at radius 1 is 1.50 bits per heavy atom. The molecule has 0 spiro atoms. The molecular formula is C15H17FN2O2. The van der Waals surface area contributed by atoms with Crippen molar-refractivity contribution in [1.29, 1.82) is 0 Å². The summed E-state index contributed by atoms with van der Waals surface area (Å²) in [6.07, 6.45) is -0.766. The molecule has 4 nitrogen and oxygen atoms in total. The van der Waals surface area contributed by atoms with Crippen molar-refractivity contribution in [2.45, 2.75) is 32.5 Å². The molecule has 0 amide bonds. The molecule has 0 saturated carbocycles. The highest BCUT2D eigenvalue weighted by atomic mass is 19.1. The summed E-state index contributed by atoms with van der Waals surface area (Å²) in [5.74, 6) is 4.98. The number of aromatic carboxylic acids is 1. The number of likely N-dealkylation sites (tertiary alicyclic amines) is 1. The number of hydrogen-bond acceptors (Lipinski definition) is 3. The van der Waals surface area contributed by atoms with Crippen LogP contribution >= 0.6 is 0 Å². The van der Waals surface area contributed by atoms with Gasteiger partial charge in [-0.2, -0.15) is 0 Å². The molecule has 0 atom stereocenters. The van der Waals surface area contributed by atoms with E-state index in [-0.39, 0.29) is 5.69 Å². The Labute approximate surface area is 117 Å². The van der Waals surface area contributed by atoms with Gasteiger partial charge in [0.05, 0.1) is 5.54 Å². The molecule has 0 aliphatic carbocycles.